The first-order valence-electron chi connectivity index (χ1n) is 11.1. The monoisotopic (exact) mass is 558 g/mol. The van der Waals surface area contributed by atoms with E-state index in [1.165, 1.54) is 0 Å². The molecule has 3 aromatic carbocycles. The summed E-state index contributed by atoms with van der Waals surface area (Å²) < 4.78 is 0.973. The summed E-state index contributed by atoms with van der Waals surface area (Å²) in [7, 11) is 1.62. The summed E-state index contributed by atoms with van der Waals surface area (Å²) >= 11 is 11.1. The molecular weight excluding hydrogens is 532 g/mol. The molecule has 0 unspecified atom stereocenters. The van der Waals surface area contributed by atoms with Crippen molar-refractivity contribution in [2.75, 3.05) is 12.8 Å². The molecular formula is C27H28BrClN2O2S. The average Bonchev–Trinajstić information content (AvgIpc) is 2.86. The summed E-state index contributed by atoms with van der Waals surface area (Å²) in [5, 5.41) is 3.46. The molecule has 0 aromatic heterocycles. The highest BCUT2D eigenvalue weighted by Crippen LogP contribution is 2.23. The number of halogens is 2. The molecule has 0 bridgehead atoms. The van der Waals surface area contributed by atoms with Crippen molar-refractivity contribution in [3.05, 3.63) is 99.5 Å². The normalized spacial score (nSPS) is 11.6. The van der Waals surface area contributed by atoms with Gasteiger partial charge in [0.25, 0.3) is 0 Å². The minimum Gasteiger partial charge on any atom is -0.357 e. The van der Waals surface area contributed by atoms with Crippen LogP contribution in [0.1, 0.15) is 24.0 Å². The molecule has 0 spiro atoms. The average molecular weight is 560 g/mol. The second-order valence-electron chi connectivity index (χ2n) is 7.87. The Labute approximate surface area is 219 Å². The fourth-order valence-electron chi connectivity index (χ4n) is 3.59. The van der Waals surface area contributed by atoms with Crippen molar-refractivity contribution in [2.45, 2.75) is 36.7 Å². The minimum absolute atomic E-state index is 0.0239. The van der Waals surface area contributed by atoms with Gasteiger partial charge in [0.05, 0.1) is 0 Å². The number of carbonyl (C=O) groups excluding carboxylic acids is 2. The van der Waals surface area contributed by atoms with Crippen LogP contribution in [0.15, 0.2) is 88.2 Å². The Bertz CT molecular complexity index is 1060. The Morgan fingerprint density at radius 3 is 2.29 bits per heavy atom. The lowest BCUT2D eigenvalue weighted by Gasteiger charge is -2.31. The third-order valence-corrected chi connectivity index (χ3v) is 7.28. The molecule has 0 radical (unpaired) electrons. The minimum atomic E-state index is -0.590. The number of thioether (sulfide) groups is 1. The van der Waals surface area contributed by atoms with Gasteiger partial charge in [-0.15, -0.1) is 11.8 Å². The van der Waals surface area contributed by atoms with Gasteiger partial charge in [0.1, 0.15) is 6.04 Å². The summed E-state index contributed by atoms with van der Waals surface area (Å²) in [4.78, 5) is 29.2. The summed E-state index contributed by atoms with van der Waals surface area (Å²) in [6, 6.07) is 24.8. The first kappa shape index (κ1) is 26.3. The highest BCUT2D eigenvalue weighted by atomic mass is 79.9. The summed E-state index contributed by atoms with van der Waals surface area (Å²) in [5.41, 5.74) is 2.00. The highest BCUT2D eigenvalue weighted by molar-refractivity contribution is 9.10. The van der Waals surface area contributed by atoms with Gasteiger partial charge in [0.15, 0.2) is 0 Å². The molecule has 0 saturated carbocycles. The SMILES string of the molecule is CNC(=O)[C@H](Cc1ccccc1)N(Cc1ccc(Br)cc1)C(=O)CCCSc1ccc(Cl)cc1. The van der Waals surface area contributed by atoms with Gasteiger partial charge in [0.2, 0.25) is 11.8 Å². The van der Waals surface area contributed by atoms with Crippen molar-refractivity contribution in [1.82, 2.24) is 10.2 Å². The van der Waals surface area contributed by atoms with Crippen LogP contribution in [0, 0.1) is 0 Å². The van der Waals surface area contributed by atoms with Crippen LogP contribution in [0.4, 0.5) is 0 Å². The van der Waals surface area contributed by atoms with Crippen LogP contribution in [-0.4, -0.2) is 35.6 Å². The molecule has 0 aliphatic heterocycles. The number of nitrogens with one attached hydrogen (secondary N) is 1. The van der Waals surface area contributed by atoms with E-state index in [4.69, 9.17) is 11.6 Å². The van der Waals surface area contributed by atoms with Crippen LogP contribution in [0.2, 0.25) is 5.02 Å². The summed E-state index contributed by atoms with van der Waals surface area (Å²) in [6.07, 6.45) is 1.55. The lowest BCUT2D eigenvalue weighted by Crippen LogP contribution is -2.49. The highest BCUT2D eigenvalue weighted by Gasteiger charge is 2.29. The topological polar surface area (TPSA) is 49.4 Å². The first-order valence-corrected chi connectivity index (χ1v) is 13.3. The Balaban J connectivity index is 1.73. The lowest BCUT2D eigenvalue weighted by atomic mass is 10.0. The number of benzene rings is 3. The van der Waals surface area contributed by atoms with Gasteiger partial charge < -0.3 is 10.2 Å². The molecule has 0 aliphatic rings. The van der Waals surface area contributed by atoms with Gasteiger partial charge >= 0.3 is 0 Å². The Morgan fingerprint density at radius 1 is 0.971 bits per heavy atom. The maximum Gasteiger partial charge on any atom is 0.242 e. The van der Waals surface area contributed by atoms with Crippen LogP contribution < -0.4 is 5.32 Å². The van der Waals surface area contributed by atoms with Gasteiger partial charge in [-0.1, -0.05) is 70.0 Å². The maximum absolute atomic E-state index is 13.4. The first-order chi connectivity index (χ1) is 16.5. The number of rotatable bonds is 11. The lowest BCUT2D eigenvalue weighted by molar-refractivity contribution is -0.141. The Kier molecular flexibility index (Phi) is 10.5. The molecule has 0 heterocycles. The summed E-state index contributed by atoms with van der Waals surface area (Å²) in [5.74, 6) is 0.622. The van der Waals surface area contributed by atoms with E-state index in [2.05, 4.69) is 21.2 Å². The van der Waals surface area contributed by atoms with Crippen molar-refractivity contribution < 1.29 is 9.59 Å². The van der Waals surface area contributed by atoms with E-state index in [0.29, 0.717) is 24.4 Å². The smallest absolute Gasteiger partial charge is 0.242 e. The quantitative estimate of drug-likeness (QED) is 0.220. The molecule has 0 aliphatic carbocycles. The van der Waals surface area contributed by atoms with Crippen molar-refractivity contribution >= 4 is 51.1 Å². The van der Waals surface area contributed by atoms with E-state index in [0.717, 1.165) is 32.7 Å². The van der Waals surface area contributed by atoms with Gasteiger partial charge in [-0.05, 0) is 59.7 Å². The molecule has 7 heteroatoms. The van der Waals surface area contributed by atoms with E-state index in [-0.39, 0.29) is 11.8 Å². The Hall–Kier alpha value is -2.28. The predicted octanol–water partition coefficient (Wildman–Crippen LogP) is 6.36. The number of nitrogens with zero attached hydrogens (tertiary/aromatic N) is 1. The zero-order valence-corrected chi connectivity index (χ0v) is 22.2. The van der Waals surface area contributed by atoms with Crippen molar-refractivity contribution in [3.8, 4) is 0 Å². The van der Waals surface area contributed by atoms with E-state index >= 15 is 0 Å². The van der Waals surface area contributed by atoms with Gasteiger partial charge in [-0.25, -0.2) is 0 Å². The molecule has 34 heavy (non-hydrogen) atoms. The van der Waals surface area contributed by atoms with Crippen LogP contribution in [0.3, 0.4) is 0 Å². The molecule has 1 N–H and O–H groups in total. The molecule has 3 aromatic rings. The van der Waals surface area contributed by atoms with Crippen LogP contribution >= 0.6 is 39.3 Å². The van der Waals surface area contributed by atoms with Crippen molar-refractivity contribution in [2.24, 2.45) is 0 Å². The van der Waals surface area contributed by atoms with Gasteiger partial charge in [0, 0.05) is 40.8 Å². The molecule has 0 fully saturated rings. The van der Waals surface area contributed by atoms with Crippen LogP contribution in [0.25, 0.3) is 0 Å². The summed E-state index contributed by atoms with van der Waals surface area (Å²) in [6.45, 7) is 0.376. The fraction of sp³-hybridized carbons (Fsp3) is 0.259. The molecule has 1 atom stereocenters. The zero-order chi connectivity index (χ0) is 24.3. The fourth-order valence-corrected chi connectivity index (χ4v) is 4.84. The van der Waals surface area contributed by atoms with E-state index in [1.807, 2.05) is 78.9 Å². The van der Waals surface area contributed by atoms with Crippen molar-refractivity contribution in [1.29, 1.82) is 0 Å². The van der Waals surface area contributed by atoms with E-state index < -0.39 is 6.04 Å². The van der Waals surface area contributed by atoms with Gasteiger partial charge in [-0.2, -0.15) is 0 Å². The zero-order valence-electron chi connectivity index (χ0n) is 19.0. The second-order valence-corrected chi connectivity index (χ2v) is 10.4. The van der Waals surface area contributed by atoms with Crippen LogP contribution in [0.5, 0.6) is 0 Å². The standard InChI is InChI=1S/C27H28BrClN2O2S/c1-30-27(33)25(18-20-6-3-2-4-7-20)31(19-21-9-11-22(28)12-10-21)26(32)8-5-17-34-24-15-13-23(29)14-16-24/h2-4,6-7,9-16,25H,5,8,17-19H2,1H3,(H,30,33)/t25-/m0/s1. The third kappa shape index (κ3) is 8.19. The number of hydrogen-bond acceptors (Lipinski definition) is 3. The third-order valence-electron chi connectivity index (χ3n) is 5.40. The van der Waals surface area contributed by atoms with E-state index in [9.17, 15) is 9.59 Å². The second kappa shape index (κ2) is 13.6. The van der Waals surface area contributed by atoms with Crippen LogP contribution in [-0.2, 0) is 22.6 Å². The molecule has 4 nitrogen and oxygen atoms in total. The molecule has 178 valence electrons. The predicted molar refractivity (Wildman–Crippen MR) is 144 cm³/mol. The molecule has 2 amide bonds. The largest absolute Gasteiger partial charge is 0.357 e. The number of hydrogen-bond donors (Lipinski definition) is 1. The number of likely N-dealkylation sites (N-methyl/N-ethyl adjacent to an activating group) is 1. The maximum atomic E-state index is 13.4. The Morgan fingerprint density at radius 2 is 1.65 bits per heavy atom. The van der Waals surface area contributed by atoms with Gasteiger partial charge in [-0.3, -0.25) is 9.59 Å². The number of carbonyl (C=O) groups is 2. The molecule has 0 saturated heterocycles. The number of amides is 2. The van der Waals surface area contributed by atoms with E-state index in [1.54, 1.807) is 23.7 Å². The molecule has 3 rings (SSSR count). The van der Waals surface area contributed by atoms with Crippen molar-refractivity contribution in [3.63, 3.8) is 0 Å².